The van der Waals surface area contributed by atoms with Crippen LogP contribution in [0.25, 0.3) is 0 Å². The lowest BCUT2D eigenvalue weighted by molar-refractivity contribution is -0.393. The Bertz CT molecular complexity index is 575. The first-order valence-corrected chi connectivity index (χ1v) is 7.69. The van der Waals surface area contributed by atoms with Crippen molar-refractivity contribution < 1.29 is 14.5 Å². The topological polar surface area (TPSA) is 99.3 Å². The highest BCUT2D eigenvalue weighted by atomic mass is 16.6. The molecule has 0 bridgehead atoms. The lowest BCUT2D eigenvalue weighted by atomic mass is 10.2. The molecule has 1 heterocycles. The molecule has 23 heavy (non-hydrogen) atoms. The summed E-state index contributed by atoms with van der Waals surface area (Å²) in [6.07, 6.45) is 0.883. The molecule has 0 saturated heterocycles. The molecule has 0 aliphatic carbocycles. The average molecular weight is 326 g/mol. The third-order valence-corrected chi connectivity index (χ3v) is 3.34. The summed E-state index contributed by atoms with van der Waals surface area (Å²) >= 11 is 0. The molecule has 0 aromatic carbocycles. The summed E-state index contributed by atoms with van der Waals surface area (Å²) in [6.45, 7) is 11.2. The molecule has 0 saturated carbocycles. The van der Waals surface area contributed by atoms with Gasteiger partial charge in [-0.05, 0) is 59.3 Å². The van der Waals surface area contributed by atoms with Crippen LogP contribution in [0.15, 0.2) is 0 Å². The van der Waals surface area contributed by atoms with Crippen molar-refractivity contribution in [2.75, 3.05) is 0 Å². The molecule has 1 aromatic heterocycles. The van der Waals surface area contributed by atoms with Gasteiger partial charge in [-0.3, -0.25) is 0 Å². The summed E-state index contributed by atoms with van der Waals surface area (Å²) < 4.78 is 6.61. The Morgan fingerprint density at radius 3 is 2.57 bits per heavy atom. The minimum Gasteiger partial charge on any atom is -0.444 e. The number of nitrogens with one attached hydrogen (secondary N) is 1. The summed E-state index contributed by atoms with van der Waals surface area (Å²) in [6, 6.07) is -0.0818. The van der Waals surface area contributed by atoms with Crippen LogP contribution in [0, 0.1) is 24.0 Å². The fraction of sp³-hybridized carbons (Fsp3) is 0.733. The number of nitro groups is 1. The van der Waals surface area contributed by atoms with Gasteiger partial charge < -0.3 is 20.2 Å². The van der Waals surface area contributed by atoms with Gasteiger partial charge in [0.25, 0.3) is 0 Å². The summed E-state index contributed by atoms with van der Waals surface area (Å²) in [7, 11) is 0. The molecule has 8 heteroatoms. The van der Waals surface area contributed by atoms with Crippen molar-refractivity contribution in [2.45, 2.75) is 72.6 Å². The van der Waals surface area contributed by atoms with E-state index >= 15 is 0 Å². The van der Waals surface area contributed by atoms with Crippen molar-refractivity contribution >= 4 is 11.9 Å². The fourth-order valence-corrected chi connectivity index (χ4v) is 2.17. The molecule has 0 radical (unpaired) electrons. The SMILES string of the molecule is Cc1nn(CCC[C@H](C)NC(=O)OC(C)(C)C)c([N+](=O)[O-])c1C. The second-order valence-electron chi connectivity index (χ2n) is 6.70. The van der Waals surface area contributed by atoms with Crippen LogP contribution in [0.2, 0.25) is 0 Å². The molecule has 0 spiro atoms. The Balaban J connectivity index is 2.50. The second-order valence-corrected chi connectivity index (χ2v) is 6.70. The van der Waals surface area contributed by atoms with Gasteiger partial charge in [0, 0.05) is 6.04 Å². The van der Waals surface area contributed by atoms with Crippen molar-refractivity contribution in [2.24, 2.45) is 0 Å². The van der Waals surface area contributed by atoms with Crippen LogP contribution >= 0.6 is 0 Å². The van der Waals surface area contributed by atoms with Gasteiger partial charge in [-0.2, -0.15) is 0 Å². The Hall–Kier alpha value is -2.12. The molecule has 0 fully saturated rings. The molecule has 1 N–H and O–H groups in total. The van der Waals surface area contributed by atoms with Gasteiger partial charge in [0.1, 0.15) is 12.1 Å². The van der Waals surface area contributed by atoms with Crippen molar-refractivity contribution in [3.63, 3.8) is 0 Å². The van der Waals surface area contributed by atoms with E-state index in [9.17, 15) is 14.9 Å². The van der Waals surface area contributed by atoms with E-state index in [2.05, 4.69) is 10.4 Å². The molecule has 1 amide bonds. The van der Waals surface area contributed by atoms with Crippen LogP contribution < -0.4 is 5.32 Å². The van der Waals surface area contributed by atoms with E-state index in [0.29, 0.717) is 30.6 Å². The summed E-state index contributed by atoms with van der Waals surface area (Å²) in [5.74, 6) is 0.0373. The normalized spacial score (nSPS) is 12.8. The minimum atomic E-state index is -0.533. The average Bonchev–Trinajstić information content (AvgIpc) is 2.62. The van der Waals surface area contributed by atoms with E-state index < -0.39 is 16.6 Å². The predicted octanol–water partition coefficient (Wildman–Crippen LogP) is 3.10. The zero-order valence-corrected chi connectivity index (χ0v) is 14.7. The molecule has 0 aliphatic heterocycles. The number of alkyl carbamates (subject to hydrolysis) is 1. The number of aryl methyl sites for hydroxylation is 2. The van der Waals surface area contributed by atoms with E-state index in [1.54, 1.807) is 34.6 Å². The highest BCUT2D eigenvalue weighted by molar-refractivity contribution is 5.67. The van der Waals surface area contributed by atoms with Gasteiger partial charge >= 0.3 is 11.9 Å². The molecule has 1 atom stereocenters. The molecular formula is C15H26N4O4. The van der Waals surface area contributed by atoms with E-state index in [1.807, 2.05) is 6.92 Å². The van der Waals surface area contributed by atoms with Gasteiger partial charge in [0.2, 0.25) is 0 Å². The maximum atomic E-state index is 11.7. The predicted molar refractivity (Wildman–Crippen MR) is 86.4 cm³/mol. The first-order valence-electron chi connectivity index (χ1n) is 7.69. The maximum Gasteiger partial charge on any atom is 0.407 e. The molecule has 0 unspecified atom stereocenters. The zero-order valence-electron chi connectivity index (χ0n) is 14.7. The van der Waals surface area contributed by atoms with Gasteiger partial charge in [-0.15, -0.1) is 4.68 Å². The molecule has 0 aliphatic rings. The van der Waals surface area contributed by atoms with Crippen molar-refractivity contribution in [3.05, 3.63) is 21.4 Å². The lowest BCUT2D eigenvalue weighted by Crippen LogP contribution is -2.37. The second kappa shape index (κ2) is 7.43. The van der Waals surface area contributed by atoms with Crippen LogP contribution in [-0.2, 0) is 11.3 Å². The lowest BCUT2D eigenvalue weighted by Gasteiger charge is -2.21. The van der Waals surface area contributed by atoms with Crippen LogP contribution in [0.1, 0.15) is 51.8 Å². The Morgan fingerprint density at radius 1 is 1.43 bits per heavy atom. The van der Waals surface area contributed by atoms with Crippen LogP contribution in [0.5, 0.6) is 0 Å². The standard InChI is InChI=1S/C15H26N4O4/c1-10(16-14(20)23-15(4,5)6)8-7-9-18-13(19(21)22)11(2)12(3)17-18/h10H,7-9H2,1-6H3,(H,16,20)/t10-/m0/s1. The van der Waals surface area contributed by atoms with E-state index in [0.717, 1.165) is 0 Å². The fourth-order valence-electron chi connectivity index (χ4n) is 2.17. The third-order valence-electron chi connectivity index (χ3n) is 3.34. The minimum absolute atomic E-state index is 0.0373. The van der Waals surface area contributed by atoms with Gasteiger partial charge in [-0.1, -0.05) is 5.10 Å². The number of amides is 1. The number of carbonyl (C=O) groups is 1. The van der Waals surface area contributed by atoms with Crippen molar-refractivity contribution in [1.82, 2.24) is 15.1 Å². The molecule has 130 valence electrons. The van der Waals surface area contributed by atoms with Crippen LogP contribution in [-0.4, -0.2) is 32.4 Å². The first-order chi connectivity index (χ1) is 10.5. The quantitative estimate of drug-likeness (QED) is 0.639. The molecule has 1 aromatic rings. The van der Waals surface area contributed by atoms with Gasteiger partial charge in [0.15, 0.2) is 0 Å². The van der Waals surface area contributed by atoms with Crippen molar-refractivity contribution in [3.8, 4) is 0 Å². The zero-order chi connectivity index (χ0) is 17.8. The summed E-state index contributed by atoms with van der Waals surface area (Å²) in [5, 5.41) is 18.1. The highest BCUT2D eigenvalue weighted by Crippen LogP contribution is 2.21. The molecular weight excluding hydrogens is 300 g/mol. The number of hydrogen-bond acceptors (Lipinski definition) is 5. The van der Waals surface area contributed by atoms with E-state index in [-0.39, 0.29) is 11.9 Å². The number of ether oxygens (including phenoxy) is 1. The summed E-state index contributed by atoms with van der Waals surface area (Å²) in [5.41, 5.74) is 0.723. The van der Waals surface area contributed by atoms with Crippen molar-refractivity contribution in [1.29, 1.82) is 0 Å². The Labute approximate surface area is 136 Å². The largest absolute Gasteiger partial charge is 0.444 e. The first kappa shape index (κ1) is 18.9. The molecule has 1 rings (SSSR count). The van der Waals surface area contributed by atoms with Gasteiger partial charge in [-0.25, -0.2) is 4.79 Å². The third kappa shape index (κ3) is 5.88. The van der Waals surface area contributed by atoms with E-state index in [4.69, 9.17) is 4.74 Å². The number of carbonyl (C=O) groups excluding carboxylic acids is 1. The number of nitrogens with zero attached hydrogens (tertiary/aromatic N) is 3. The van der Waals surface area contributed by atoms with Crippen LogP contribution in [0.3, 0.4) is 0 Å². The van der Waals surface area contributed by atoms with Crippen LogP contribution in [0.4, 0.5) is 10.6 Å². The highest BCUT2D eigenvalue weighted by Gasteiger charge is 2.22. The Morgan fingerprint density at radius 2 is 2.04 bits per heavy atom. The molecule has 8 nitrogen and oxygen atoms in total. The number of rotatable bonds is 6. The number of hydrogen-bond donors (Lipinski definition) is 1. The van der Waals surface area contributed by atoms with Gasteiger partial charge in [0.05, 0.1) is 11.3 Å². The number of aromatic nitrogens is 2. The smallest absolute Gasteiger partial charge is 0.407 e. The maximum absolute atomic E-state index is 11.7. The monoisotopic (exact) mass is 326 g/mol. The Kier molecular flexibility index (Phi) is 6.12. The summed E-state index contributed by atoms with van der Waals surface area (Å²) in [4.78, 5) is 22.4. The van der Waals surface area contributed by atoms with E-state index in [1.165, 1.54) is 4.68 Å².